The molecular formula is C21H21ClN2O2. The van der Waals surface area contributed by atoms with Crippen LogP contribution < -0.4 is 5.32 Å². The number of aryl methyl sites for hydroxylation is 1. The van der Waals surface area contributed by atoms with Crippen molar-refractivity contribution in [3.05, 3.63) is 75.9 Å². The highest BCUT2D eigenvalue weighted by Gasteiger charge is 2.19. The van der Waals surface area contributed by atoms with Crippen molar-refractivity contribution in [2.75, 3.05) is 7.11 Å². The number of methoxy groups -OCH3 is 1. The van der Waals surface area contributed by atoms with Gasteiger partial charge < -0.3 is 10.1 Å². The molecule has 0 aliphatic rings. The highest BCUT2D eigenvalue weighted by Crippen LogP contribution is 2.24. The highest BCUT2D eigenvalue weighted by atomic mass is 35.5. The zero-order valence-electron chi connectivity index (χ0n) is 15.0. The van der Waals surface area contributed by atoms with Crippen LogP contribution in [0.15, 0.2) is 48.5 Å². The van der Waals surface area contributed by atoms with Crippen LogP contribution in [0, 0.1) is 6.92 Å². The number of hydrogen-bond donors (Lipinski definition) is 1. The zero-order valence-corrected chi connectivity index (χ0v) is 15.8. The van der Waals surface area contributed by atoms with Gasteiger partial charge in [-0.15, -0.1) is 0 Å². The van der Waals surface area contributed by atoms with Crippen molar-refractivity contribution in [1.82, 2.24) is 10.3 Å². The van der Waals surface area contributed by atoms with Gasteiger partial charge in [0.1, 0.15) is 0 Å². The van der Waals surface area contributed by atoms with Crippen LogP contribution in [0.3, 0.4) is 0 Å². The van der Waals surface area contributed by atoms with Crippen molar-refractivity contribution < 1.29 is 9.53 Å². The Morgan fingerprint density at radius 3 is 2.73 bits per heavy atom. The molecule has 1 heterocycles. The van der Waals surface area contributed by atoms with Crippen molar-refractivity contribution >= 4 is 28.5 Å². The number of carbonyl (C=O) groups excluding carboxylic acids is 1. The molecule has 3 aromatic rings. The summed E-state index contributed by atoms with van der Waals surface area (Å²) in [6, 6.07) is 15.6. The number of pyridine rings is 1. The molecule has 2 aromatic carbocycles. The summed E-state index contributed by atoms with van der Waals surface area (Å²) in [5, 5.41) is 5.08. The number of halogens is 1. The number of hydrogen-bond acceptors (Lipinski definition) is 4. The van der Waals surface area contributed by atoms with Crippen LogP contribution >= 0.6 is 11.6 Å². The Labute approximate surface area is 158 Å². The summed E-state index contributed by atoms with van der Waals surface area (Å²) in [7, 11) is 1.39. The zero-order chi connectivity index (χ0) is 18.7. The van der Waals surface area contributed by atoms with E-state index in [1.54, 1.807) is 0 Å². The third-order valence-corrected chi connectivity index (χ3v) is 4.78. The van der Waals surface area contributed by atoms with E-state index in [1.165, 1.54) is 7.11 Å². The highest BCUT2D eigenvalue weighted by molar-refractivity contribution is 6.30. The van der Waals surface area contributed by atoms with Crippen molar-refractivity contribution in [2.45, 2.75) is 26.4 Å². The molecule has 0 saturated carbocycles. The lowest BCUT2D eigenvalue weighted by molar-refractivity contribution is 0.0598. The van der Waals surface area contributed by atoms with Crippen LogP contribution in [-0.2, 0) is 11.3 Å². The second-order valence-corrected chi connectivity index (χ2v) is 6.66. The maximum Gasteiger partial charge on any atom is 0.340 e. The van der Waals surface area contributed by atoms with Crippen molar-refractivity contribution in [3.63, 3.8) is 0 Å². The van der Waals surface area contributed by atoms with Crippen molar-refractivity contribution in [3.8, 4) is 0 Å². The van der Waals surface area contributed by atoms with E-state index in [1.807, 2.05) is 55.5 Å². The number of benzene rings is 2. The number of rotatable bonds is 5. The van der Waals surface area contributed by atoms with Gasteiger partial charge in [-0.2, -0.15) is 0 Å². The Morgan fingerprint density at radius 1 is 1.23 bits per heavy atom. The largest absolute Gasteiger partial charge is 0.465 e. The van der Waals surface area contributed by atoms with E-state index in [0.717, 1.165) is 22.0 Å². The lowest BCUT2D eigenvalue weighted by Gasteiger charge is -2.17. The molecule has 1 atom stereocenters. The summed E-state index contributed by atoms with van der Waals surface area (Å²) >= 11 is 6.08. The van der Waals surface area contributed by atoms with Gasteiger partial charge in [0.25, 0.3) is 0 Å². The summed E-state index contributed by atoms with van der Waals surface area (Å²) < 4.78 is 4.99. The third-order valence-electron chi connectivity index (χ3n) is 4.54. The third kappa shape index (κ3) is 3.71. The van der Waals surface area contributed by atoms with Crippen LogP contribution in [-0.4, -0.2) is 18.1 Å². The quantitative estimate of drug-likeness (QED) is 0.655. The van der Waals surface area contributed by atoms with Crippen molar-refractivity contribution in [1.29, 1.82) is 0 Å². The molecule has 0 spiro atoms. The number of ether oxygens (including phenoxy) is 1. The fraction of sp³-hybridized carbons (Fsp3) is 0.238. The minimum Gasteiger partial charge on any atom is -0.465 e. The van der Waals surface area contributed by atoms with Gasteiger partial charge >= 0.3 is 5.97 Å². The van der Waals surface area contributed by atoms with Crippen LogP contribution in [0.2, 0.25) is 5.02 Å². The van der Waals surface area contributed by atoms with Crippen LogP contribution in [0.25, 0.3) is 10.9 Å². The SMILES string of the molecule is COC(=O)c1c(CN[C@@H](C)c2cccc(Cl)c2)nc2ccccc2c1C. The predicted octanol–water partition coefficient (Wildman–Crippen LogP) is 4.83. The molecule has 134 valence electrons. The van der Waals surface area contributed by atoms with Crippen LogP contribution in [0.1, 0.15) is 40.1 Å². The Kier molecular flexibility index (Phi) is 5.55. The Hall–Kier alpha value is -2.43. The molecule has 26 heavy (non-hydrogen) atoms. The average Bonchev–Trinajstić information content (AvgIpc) is 2.65. The van der Waals surface area contributed by atoms with E-state index in [9.17, 15) is 4.79 Å². The minimum atomic E-state index is -0.368. The minimum absolute atomic E-state index is 0.0628. The van der Waals surface area contributed by atoms with Gasteiger partial charge in [-0.1, -0.05) is 41.9 Å². The number of aromatic nitrogens is 1. The van der Waals surface area contributed by atoms with E-state index in [2.05, 4.69) is 12.2 Å². The number of esters is 1. The molecule has 5 heteroatoms. The summed E-state index contributed by atoms with van der Waals surface area (Å²) in [4.78, 5) is 17.0. The normalized spacial score (nSPS) is 12.2. The summed E-state index contributed by atoms with van der Waals surface area (Å²) in [5.41, 5.74) is 4.04. The standard InChI is InChI=1S/C21H21ClN2O2/c1-13-17-9-4-5-10-18(17)24-19(20(13)21(25)26-3)12-23-14(2)15-7-6-8-16(22)11-15/h4-11,14,23H,12H2,1-3H3/t14-/m0/s1. The Morgan fingerprint density at radius 2 is 2.00 bits per heavy atom. The Balaban J connectivity index is 1.94. The van der Waals surface area contributed by atoms with Gasteiger partial charge in [0.05, 0.1) is 23.9 Å². The van der Waals surface area contributed by atoms with Gasteiger partial charge in [-0.3, -0.25) is 4.98 Å². The lowest BCUT2D eigenvalue weighted by atomic mass is 10.0. The molecule has 4 nitrogen and oxygen atoms in total. The maximum atomic E-state index is 12.4. The van der Waals surface area contributed by atoms with Gasteiger partial charge in [0.2, 0.25) is 0 Å². The number of nitrogens with one attached hydrogen (secondary N) is 1. The first-order valence-electron chi connectivity index (χ1n) is 8.46. The number of nitrogens with zero attached hydrogens (tertiary/aromatic N) is 1. The fourth-order valence-corrected chi connectivity index (χ4v) is 3.28. The van der Waals surface area contributed by atoms with E-state index < -0.39 is 0 Å². The average molecular weight is 369 g/mol. The van der Waals surface area contributed by atoms with E-state index in [4.69, 9.17) is 21.3 Å². The molecule has 0 bridgehead atoms. The van der Waals surface area contributed by atoms with E-state index >= 15 is 0 Å². The number of carbonyl (C=O) groups is 1. The Bertz CT molecular complexity index is 956. The van der Waals surface area contributed by atoms with Crippen LogP contribution in [0.4, 0.5) is 0 Å². The second kappa shape index (κ2) is 7.85. The molecule has 0 amide bonds. The smallest absolute Gasteiger partial charge is 0.340 e. The molecule has 0 saturated heterocycles. The molecule has 1 aromatic heterocycles. The topological polar surface area (TPSA) is 51.2 Å². The first-order valence-corrected chi connectivity index (χ1v) is 8.84. The van der Waals surface area contributed by atoms with Gasteiger partial charge in [0.15, 0.2) is 0 Å². The molecule has 0 fully saturated rings. The van der Waals surface area contributed by atoms with Crippen molar-refractivity contribution in [2.24, 2.45) is 0 Å². The molecular weight excluding hydrogens is 348 g/mol. The first-order chi connectivity index (χ1) is 12.5. The first kappa shape index (κ1) is 18.4. The molecule has 0 radical (unpaired) electrons. The van der Waals surface area contributed by atoms with Crippen LogP contribution in [0.5, 0.6) is 0 Å². The number of para-hydroxylation sites is 1. The molecule has 3 rings (SSSR count). The van der Waals surface area contributed by atoms with Gasteiger partial charge in [-0.25, -0.2) is 4.79 Å². The molecule has 0 aliphatic heterocycles. The van der Waals surface area contributed by atoms with Gasteiger partial charge in [0, 0.05) is 23.0 Å². The molecule has 1 N–H and O–H groups in total. The monoisotopic (exact) mass is 368 g/mol. The molecule has 0 unspecified atom stereocenters. The number of fused-ring (bicyclic) bond motifs is 1. The predicted molar refractivity (Wildman–Crippen MR) is 105 cm³/mol. The summed E-state index contributed by atoms with van der Waals surface area (Å²) in [5.74, 6) is -0.368. The maximum absolute atomic E-state index is 12.4. The van der Waals surface area contributed by atoms with Gasteiger partial charge in [-0.05, 0) is 43.2 Å². The fourth-order valence-electron chi connectivity index (χ4n) is 3.09. The lowest BCUT2D eigenvalue weighted by Crippen LogP contribution is -2.22. The van der Waals surface area contributed by atoms with E-state index in [-0.39, 0.29) is 12.0 Å². The summed E-state index contributed by atoms with van der Waals surface area (Å²) in [6.45, 7) is 4.43. The molecule has 0 aliphatic carbocycles. The van der Waals surface area contributed by atoms with E-state index in [0.29, 0.717) is 22.8 Å². The second-order valence-electron chi connectivity index (χ2n) is 6.22. The summed E-state index contributed by atoms with van der Waals surface area (Å²) in [6.07, 6.45) is 0.